The van der Waals surface area contributed by atoms with E-state index < -0.39 is 39.7 Å². The van der Waals surface area contributed by atoms with Crippen molar-refractivity contribution in [2.75, 3.05) is 18.2 Å². The molecular weight excluding hydrogens is 389 g/mol. The van der Waals surface area contributed by atoms with Gasteiger partial charge in [-0.2, -0.15) is 0 Å². The first-order chi connectivity index (χ1) is 13.0. The van der Waals surface area contributed by atoms with Gasteiger partial charge in [-0.05, 0) is 56.3 Å². The van der Waals surface area contributed by atoms with Crippen molar-refractivity contribution in [2.45, 2.75) is 24.3 Å². The average molecular weight is 409 g/mol. The van der Waals surface area contributed by atoms with Crippen LogP contribution in [0.2, 0.25) is 0 Å². The molecule has 0 aliphatic rings. The predicted molar refractivity (Wildman–Crippen MR) is 100 cm³/mol. The second-order valence-corrected chi connectivity index (χ2v) is 8.51. The summed E-state index contributed by atoms with van der Waals surface area (Å²) in [6, 6.07) is 10.8. The Morgan fingerprint density at radius 2 is 1.75 bits per heavy atom. The monoisotopic (exact) mass is 409 g/mol. The van der Waals surface area contributed by atoms with E-state index in [9.17, 15) is 22.4 Å². The van der Waals surface area contributed by atoms with Crippen LogP contribution in [0, 0.1) is 5.82 Å². The van der Waals surface area contributed by atoms with Gasteiger partial charge in [0.15, 0.2) is 22.0 Å². The van der Waals surface area contributed by atoms with Crippen LogP contribution in [-0.2, 0) is 24.2 Å². The van der Waals surface area contributed by atoms with Gasteiger partial charge < -0.3 is 14.8 Å². The van der Waals surface area contributed by atoms with E-state index in [1.165, 1.54) is 62.4 Å². The number of carbonyl (C=O) groups is 2. The summed E-state index contributed by atoms with van der Waals surface area (Å²) in [5.74, 6) is -1.61. The molecule has 0 aromatic heterocycles. The second kappa shape index (κ2) is 8.39. The molecule has 150 valence electrons. The Labute approximate surface area is 162 Å². The van der Waals surface area contributed by atoms with Crippen molar-refractivity contribution in [2.24, 2.45) is 0 Å². The first-order valence-corrected chi connectivity index (χ1v) is 10.1. The lowest BCUT2D eigenvalue weighted by atomic mass is 10.1. The summed E-state index contributed by atoms with van der Waals surface area (Å²) in [5.41, 5.74) is -1.15. The van der Waals surface area contributed by atoms with Crippen LogP contribution in [0.1, 0.15) is 13.8 Å². The lowest BCUT2D eigenvalue weighted by molar-refractivity contribution is -0.161. The minimum atomic E-state index is -3.42. The quantitative estimate of drug-likeness (QED) is 0.706. The summed E-state index contributed by atoms with van der Waals surface area (Å²) >= 11 is 0. The Morgan fingerprint density at radius 1 is 1.11 bits per heavy atom. The highest BCUT2D eigenvalue weighted by Crippen LogP contribution is 2.20. The number of hydrogen-bond acceptors (Lipinski definition) is 6. The number of hydrogen-bond donors (Lipinski definition) is 1. The van der Waals surface area contributed by atoms with E-state index >= 15 is 0 Å². The summed E-state index contributed by atoms with van der Waals surface area (Å²) in [5, 5.41) is 2.45. The Bertz CT molecular complexity index is 970. The normalized spacial score (nSPS) is 11.6. The molecule has 1 N–H and O–H groups in total. The van der Waals surface area contributed by atoms with Crippen molar-refractivity contribution < 1.29 is 31.9 Å². The average Bonchev–Trinajstić information content (AvgIpc) is 2.61. The zero-order valence-electron chi connectivity index (χ0n) is 15.6. The van der Waals surface area contributed by atoms with Crippen LogP contribution in [0.4, 0.5) is 10.1 Å². The highest BCUT2D eigenvalue weighted by Gasteiger charge is 2.32. The lowest BCUT2D eigenvalue weighted by Gasteiger charge is -2.24. The molecule has 0 radical (unpaired) electrons. The minimum Gasteiger partial charge on any atom is -0.476 e. The van der Waals surface area contributed by atoms with E-state index in [0.29, 0.717) is 0 Å². The van der Waals surface area contributed by atoms with Crippen molar-refractivity contribution in [3.8, 4) is 5.75 Å². The number of ether oxygens (including phenoxy) is 2. The van der Waals surface area contributed by atoms with Crippen molar-refractivity contribution >= 4 is 27.4 Å². The number of anilines is 1. The topological polar surface area (TPSA) is 98.8 Å². The van der Waals surface area contributed by atoms with Crippen LogP contribution in [0.15, 0.2) is 53.4 Å². The standard InChI is InChI=1S/C19H20FNO6S/c1-19(2,27-15-9-7-13(20)8-10-15)18(23)26-12-17(22)21-14-5-4-6-16(11-14)28(3,24)25/h4-11H,12H2,1-3H3,(H,21,22). The van der Waals surface area contributed by atoms with Gasteiger partial charge in [0.1, 0.15) is 11.6 Å². The van der Waals surface area contributed by atoms with E-state index in [0.717, 1.165) is 6.26 Å². The fourth-order valence-corrected chi connectivity index (χ4v) is 2.81. The molecule has 0 spiro atoms. The highest BCUT2D eigenvalue weighted by atomic mass is 32.2. The molecule has 0 fully saturated rings. The summed E-state index contributed by atoms with van der Waals surface area (Å²) < 4.78 is 46.5. The third-order valence-corrected chi connectivity index (χ3v) is 4.67. The van der Waals surface area contributed by atoms with E-state index in [4.69, 9.17) is 9.47 Å². The Kier molecular flexibility index (Phi) is 6.40. The van der Waals surface area contributed by atoms with Crippen LogP contribution in [0.25, 0.3) is 0 Å². The SMILES string of the molecule is CC(C)(Oc1ccc(F)cc1)C(=O)OCC(=O)Nc1cccc(S(C)(=O)=O)c1. The van der Waals surface area contributed by atoms with Crippen LogP contribution in [-0.4, -0.2) is 38.8 Å². The molecule has 0 aliphatic carbocycles. The van der Waals surface area contributed by atoms with Gasteiger partial charge >= 0.3 is 5.97 Å². The number of rotatable bonds is 7. The molecule has 0 bridgehead atoms. The highest BCUT2D eigenvalue weighted by molar-refractivity contribution is 7.90. The van der Waals surface area contributed by atoms with E-state index in [2.05, 4.69) is 5.32 Å². The van der Waals surface area contributed by atoms with E-state index in [1.807, 2.05) is 0 Å². The molecule has 0 aliphatic heterocycles. The molecule has 0 saturated carbocycles. The van der Waals surface area contributed by atoms with E-state index in [-0.39, 0.29) is 16.3 Å². The van der Waals surface area contributed by atoms with Gasteiger partial charge in [0.05, 0.1) is 4.90 Å². The van der Waals surface area contributed by atoms with Gasteiger partial charge in [-0.25, -0.2) is 17.6 Å². The van der Waals surface area contributed by atoms with E-state index in [1.54, 1.807) is 0 Å². The molecule has 7 nitrogen and oxygen atoms in total. The van der Waals surface area contributed by atoms with Crippen molar-refractivity contribution in [1.29, 1.82) is 0 Å². The molecule has 0 saturated heterocycles. The van der Waals surface area contributed by atoms with Crippen LogP contribution in [0.3, 0.4) is 0 Å². The van der Waals surface area contributed by atoms with Gasteiger partial charge in [0.2, 0.25) is 0 Å². The first kappa shape index (κ1) is 21.4. The molecule has 0 unspecified atom stereocenters. The second-order valence-electron chi connectivity index (χ2n) is 6.49. The number of benzene rings is 2. The molecule has 0 atom stereocenters. The third kappa shape index (κ3) is 6.05. The summed E-state index contributed by atoms with van der Waals surface area (Å²) in [6.07, 6.45) is 1.05. The minimum absolute atomic E-state index is 0.0520. The third-order valence-electron chi connectivity index (χ3n) is 3.56. The molecule has 2 aromatic carbocycles. The summed E-state index contributed by atoms with van der Waals surface area (Å²) in [6.45, 7) is 2.32. The molecule has 1 amide bonds. The zero-order valence-corrected chi connectivity index (χ0v) is 16.4. The van der Waals surface area contributed by atoms with Gasteiger partial charge in [-0.1, -0.05) is 6.07 Å². The Hall–Kier alpha value is -2.94. The summed E-state index contributed by atoms with van der Waals surface area (Å²) in [7, 11) is -3.42. The fraction of sp³-hybridized carbons (Fsp3) is 0.263. The molecule has 0 heterocycles. The van der Waals surface area contributed by atoms with Gasteiger partial charge in [-0.3, -0.25) is 4.79 Å². The van der Waals surface area contributed by atoms with Gasteiger partial charge in [-0.15, -0.1) is 0 Å². The summed E-state index contributed by atoms with van der Waals surface area (Å²) in [4.78, 5) is 24.2. The molecule has 2 rings (SSSR count). The maximum absolute atomic E-state index is 12.9. The number of sulfone groups is 1. The Balaban J connectivity index is 1.92. The Morgan fingerprint density at radius 3 is 2.36 bits per heavy atom. The van der Waals surface area contributed by atoms with Crippen LogP contribution >= 0.6 is 0 Å². The molecule has 9 heteroatoms. The number of halogens is 1. The van der Waals surface area contributed by atoms with Crippen molar-refractivity contribution in [3.63, 3.8) is 0 Å². The molecule has 2 aromatic rings. The number of carbonyl (C=O) groups excluding carboxylic acids is 2. The molecular formula is C19H20FNO6S. The number of esters is 1. The fourth-order valence-electron chi connectivity index (χ4n) is 2.15. The number of amides is 1. The molecule has 28 heavy (non-hydrogen) atoms. The predicted octanol–water partition coefficient (Wildman–Crippen LogP) is 2.57. The van der Waals surface area contributed by atoms with Crippen molar-refractivity contribution in [3.05, 3.63) is 54.3 Å². The lowest BCUT2D eigenvalue weighted by Crippen LogP contribution is -2.41. The maximum atomic E-state index is 12.9. The van der Waals surface area contributed by atoms with Gasteiger partial charge in [0, 0.05) is 11.9 Å². The van der Waals surface area contributed by atoms with Gasteiger partial charge in [0.25, 0.3) is 5.91 Å². The number of nitrogens with one attached hydrogen (secondary N) is 1. The van der Waals surface area contributed by atoms with Crippen LogP contribution < -0.4 is 10.1 Å². The maximum Gasteiger partial charge on any atom is 0.350 e. The van der Waals surface area contributed by atoms with Crippen molar-refractivity contribution in [1.82, 2.24) is 0 Å². The largest absolute Gasteiger partial charge is 0.476 e. The zero-order chi connectivity index (χ0) is 20.9. The smallest absolute Gasteiger partial charge is 0.350 e. The van der Waals surface area contributed by atoms with Crippen LogP contribution in [0.5, 0.6) is 5.75 Å². The first-order valence-electron chi connectivity index (χ1n) is 8.19.